The van der Waals surface area contributed by atoms with Crippen molar-refractivity contribution in [3.8, 4) is 0 Å². The Hall–Kier alpha value is -2.08. The Bertz CT molecular complexity index is 593. The maximum Gasteiger partial charge on any atom is 0.289 e. The fourth-order valence-corrected chi connectivity index (χ4v) is 2.32. The summed E-state index contributed by atoms with van der Waals surface area (Å²) in [6.07, 6.45) is 5.03. The number of carbonyl (C=O) groups is 1. The zero-order valence-electron chi connectivity index (χ0n) is 10.7. The summed E-state index contributed by atoms with van der Waals surface area (Å²) in [6.45, 7) is 2.68. The van der Waals surface area contributed by atoms with Gasteiger partial charge in [0.25, 0.3) is 5.91 Å². The first kappa shape index (κ1) is 12.9. The summed E-state index contributed by atoms with van der Waals surface area (Å²) >= 11 is 5.69. The van der Waals surface area contributed by atoms with Gasteiger partial charge in [0, 0.05) is 38.6 Å². The van der Waals surface area contributed by atoms with E-state index in [1.807, 2.05) is 0 Å². The molecule has 0 N–H and O–H groups in total. The van der Waals surface area contributed by atoms with Gasteiger partial charge in [0.05, 0.1) is 6.20 Å². The molecule has 0 radical (unpaired) electrons. The van der Waals surface area contributed by atoms with Crippen LogP contribution in [-0.4, -0.2) is 47.0 Å². The fourth-order valence-electron chi connectivity index (χ4n) is 2.18. The maximum absolute atomic E-state index is 12.2. The van der Waals surface area contributed by atoms with Crippen LogP contribution in [0.25, 0.3) is 0 Å². The van der Waals surface area contributed by atoms with Gasteiger partial charge < -0.3 is 14.2 Å². The average Bonchev–Trinajstić information content (AvgIpc) is 2.94. The number of piperazine rings is 1. The van der Waals surface area contributed by atoms with Gasteiger partial charge in [-0.25, -0.2) is 4.98 Å². The molecule has 6 nitrogen and oxygen atoms in total. The Labute approximate surface area is 121 Å². The van der Waals surface area contributed by atoms with Crippen LogP contribution in [0.3, 0.4) is 0 Å². The third-order valence-corrected chi connectivity index (χ3v) is 3.43. The highest BCUT2D eigenvalue weighted by molar-refractivity contribution is 6.29. The van der Waals surface area contributed by atoms with E-state index in [2.05, 4.69) is 14.9 Å². The van der Waals surface area contributed by atoms with Crippen molar-refractivity contribution in [3.63, 3.8) is 0 Å². The molecule has 0 saturated carbocycles. The normalized spacial score (nSPS) is 15.4. The minimum atomic E-state index is -0.129. The Morgan fingerprint density at radius 2 is 2.00 bits per heavy atom. The van der Waals surface area contributed by atoms with Gasteiger partial charge in [-0.3, -0.25) is 9.78 Å². The first-order valence-corrected chi connectivity index (χ1v) is 6.67. The fraction of sp³-hybridized carbons (Fsp3) is 0.308. The van der Waals surface area contributed by atoms with Crippen molar-refractivity contribution in [1.29, 1.82) is 0 Å². The van der Waals surface area contributed by atoms with Gasteiger partial charge in [-0.05, 0) is 23.7 Å². The first-order chi connectivity index (χ1) is 9.74. The molecule has 2 aromatic rings. The van der Waals surface area contributed by atoms with Crippen LogP contribution < -0.4 is 4.90 Å². The van der Waals surface area contributed by atoms with Crippen LogP contribution in [0.4, 0.5) is 5.82 Å². The molecule has 1 amide bonds. The van der Waals surface area contributed by atoms with Crippen LogP contribution in [0.5, 0.6) is 0 Å². The zero-order chi connectivity index (χ0) is 13.9. The molecule has 3 heterocycles. The minimum Gasteiger partial charge on any atom is -0.440 e. The number of nitrogens with zero attached hydrogens (tertiary/aromatic N) is 4. The highest BCUT2D eigenvalue weighted by Crippen LogP contribution is 2.17. The van der Waals surface area contributed by atoms with Gasteiger partial charge in [0.15, 0.2) is 11.0 Å². The predicted molar refractivity (Wildman–Crippen MR) is 73.9 cm³/mol. The van der Waals surface area contributed by atoms with Crippen LogP contribution in [0.2, 0.25) is 5.22 Å². The maximum atomic E-state index is 12.2. The van der Waals surface area contributed by atoms with Gasteiger partial charge >= 0.3 is 0 Å². The van der Waals surface area contributed by atoms with Crippen molar-refractivity contribution < 1.29 is 9.21 Å². The summed E-state index contributed by atoms with van der Waals surface area (Å²) in [6, 6.07) is 3.17. The van der Waals surface area contributed by atoms with E-state index in [9.17, 15) is 4.79 Å². The SMILES string of the molecule is O=C(c1ccc(Cl)o1)N1CCN(c2cnccn2)CC1. The Morgan fingerprint density at radius 3 is 2.60 bits per heavy atom. The Balaban J connectivity index is 1.63. The van der Waals surface area contributed by atoms with Gasteiger partial charge in [0.1, 0.15) is 5.82 Å². The lowest BCUT2D eigenvalue weighted by molar-refractivity contribution is 0.0714. The first-order valence-electron chi connectivity index (χ1n) is 6.29. The molecule has 0 unspecified atom stereocenters. The molecule has 1 saturated heterocycles. The zero-order valence-corrected chi connectivity index (χ0v) is 11.5. The summed E-state index contributed by atoms with van der Waals surface area (Å²) in [7, 11) is 0. The van der Waals surface area contributed by atoms with E-state index in [1.165, 1.54) is 0 Å². The lowest BCUT2D eigenvalue weighted by atomic mass is 10.3. The van der Waals surface area contributed by atoms with E-state index >= 15 is 0 Å². The molecular formula is C13H13ClN4O2. The summed E-state index contributed by atoms with van der Waals surface area (Å²) < 4.78 is 5.15. The molecule has 3 rings (SSSR count). The molecule has 20 heavy (non-hydrogen) atoms. The monoisotopic (exact) mass is 292 g/mol. The minimum absolute atomic E-state index is 0.129. The van der Waals surface area contributed by atoms with Gasteiger partial charge in [-0.1, -0.05) is 0 Å². The number of carbonyl (C=O) groups excluding carboxylic acids is 1. The number of hydrogen-bond acceptors (Lipinski definition) is 5. The topological polar surface area (TPSA) is 62.5 Å². The standard InChI is InChI=1S/C13H13ClN4O2/c14-11-2-1-10(20-11)13(19)18-7-5-17(6-8-18)12-9-15-3-4-16-12/h1-4,9H,5-8H2. The van der Waals surface area contributed by atoms with E-state index in [0.29, 0.717) is 13.1 Å². The number of anilines is 1. The number of aromatic nitrogens is 2. The van der Waals surface area contributed by atoms with Crippen molar-refractivity contribution in [1.82, 2.24) is 14.9 Å². The molecule has 1 fully saturated rings. The molecule has 0 spiro atoms. The summed E-state index contributed by atoms with van der Waals surface area (Å²) in [5.41, 5.74) is 0. The second-order valence-electron chi connectivity index (χ2n) is 4.45. The van der Waals surface area contributed by atoms with Gasteiger partial charge in [0.2, 0.25) is 0 Å². The van der Waals surface area contributed by atoms with Crippen molar-refractivity contribution in [3.05, 3.63) is 41.7 Å². The molecule has 1 aliphatic rings. The highest BCUT2D eigenvalue weighted by atomic mass is 35.5. The van der Waals surface area contributed by atoms with E-state index in [4.69, 9.17) is 16.0 Å². The van der Waals surface area contributed by atoms with Crippen molar-refractivity contribution in [2.75, 3.05) is 31.1 Å². The third kappa shape index (κ3) is 2.60. The van der Waals surface area contributed by atoms with Crippen LogP contribution in [-0.2, 0) is 0 Å². The molecule has 7 heteroatoms. The summed E-state index contributed by atoms with van der Waals surface area (Å²) in [5.74, 6) is 0.985. The quantitative estimate of drug-likeness (QED) is 0.843. The van der Waals surface area contributed by atoms with E-state index in [0.717, 1.165) is 18.9 Å². The molecule has 0 aromatic carbocycles. The Morgan fingerprint density at radius 1 is 1.20 bits per heavy atom. The molecule has 0 bridgehead atoms. The number of halogens is 1. The van der Waals surface area contributed by atoms with Crippen LogP contribution in [0.1, 0.15) is 10.6 Å². The van der Waals surface area contributed by atoms with Crippen LogP contribution >= 0.6 is 11.6 Å². The summed E-state index contributed by atoms with van der Waals surface area (Å²) in [4.78, 5) is 24.3. The van der Waals surface area contributed by atoms with Gasteiger partial charge in [-0.15, -0.1) is 0 Å². The van der Waals surface area contributed by atoms with Crippen molar-refractivity contribution in [2.45, 2.75) is 0 Å². The lowest BCUT2D eigenvalue weighted by Crippen LogP contribution is -2.49. The summed E-state index contributed by atoms with van der Waals surface area (Å²) in [5, 5.41) is 0.228. The van der Waals surface area contributed by atoms with Crippen molar-refractivity contribution >= 4 is 23.3 Å². The van der Waals surface area contributed by atoms with E-state index in [1.54, 1.807) is 35.6 Å². The molecule has 0 aliphatic carbocycles. The average molecular weight is 293 g/mol. The lowest BCUT2D eigenvalue weighted by Gasteiger charge is -2.34. The van der Waals surface area contributed by atoms with E-state index in [-0.39, 0.29) is 16.9 Å². The number of furan rings is 1. The highest BCUT2D eigenvalue weighted by Gasteiger charge is 2.24. The second-order valence-corrected chi connectivity index (χ2v) is 4.82. The Kier molecular flexibility index (Phi) is 3.56. The largest absolute Gasteiger partial charge is 0.440 e. The molecular weight excluding hydrogens is 280 g/mol. The molecule has 0 atom stereocenters. The number of amides is 1. The number of rotatable bonds is 2. The second kappa shape index (κ2) is 5.50. The smallest absolute Gasteiger partial charge is 0.289 e. The molecule has 1 aliphatic heterocycles. The third-order valence-electron chi connectivity index (χ3n) is 3.22. The van der Waals surface area contributed by atoms with Crippen LogP contribution in [0.15, 0.2) is 35.1 Å². The molecule has 104 valence electrons. The van der Waals surface area contributed by atoms with Crippen molar-refractivity contribution in [2.24, 2.45) is 0 Å². The van der Waals surface area contributed by atoms with Crippen LogP contribution in [0, 0.1) is 0 Å². The van der Waals surface area contributed by atoms with Gasteiger partial charge in [-0.2, -0.15) is 0 Å². The number of hydrogen-bond donors (Lipinski definition) is 0. The van der Waals surface area contributed by atoms with E-state index < -0.39 is 0 Å². The predicted octanol–water partition coefficient (Wildman–Crippen LogP) is 1.69. The molecule has 2 aromatic heterocycles.